The molecule has 12 aromatic rings. The predicted octanol–water partition coefficient (Wildman–Crippen LogP) is 22.2. The minimum atomic E-state index is -0.631. The number of aryl methyl sites for hydroxylation is 4. The van der Waals surface area contributed by atoms with Crippen molar-refractivity contribution in [3.8, 4) is 40.1 Å². The summed E-state index contributed by atoms with van der Waals surface area (Å²) in [6.45, 7) is 56.4. The summed E-state index contributed by atoms with van der Waals surface area (Å²) in [7, 11) is 0. The van der Waals surface area contributed by atoms with E-state index in [9.17, 15) is 11.8 Å². The van der Waals surface area contributed by atoms with Gasteiger partial charge in [-0.2, -0.15) is 5.26 Å². The molecule has 0 saturated heterocycles. The quantitative estimate of drug-likeness (QED) is 0.0355. The second-order valence-corrected chi connectivity index (χ2v) is 37.6. The third-order valence-corrected chi connectivity index (χ3v) is 22.9. The van der Waals surface area contributed by atoms with E-state index in [0.717, 1.165) is 129 Å². The van der Waals surface area contributed by atoms with Gasteiger partial charge < -0.3 is 27.3 Å². The van der Waals surface area contributed by atoms with Gasteiger partial charge in [-0.15, -0.1) is 0 Å². The smallest absolute Gasteiger partial charge is 0.328 e. The molecule has 10 nitrogen and oxygen atoms in total. The molecule has 578 valence electrons. The minimum absolute atomic E-state index is 0.145. The monoisotopic (exact) mass is 1490 g/mol. The van der Waals surface area contributed by atoms with Crippen LogP contribution in [0.5, 0.6) is 11.5 Å². The van der Waals surface area contributed by atoms with Gasteiger partial charge in [-0.1, -0.05) is 267 Å². The molecule has 6 atom stereocenters. The van der Waals surface area contributed by atoms with Crippen molar-refractivity contribution in [2.45, 2.75) is 190 Å². The number of oxazole rings is 2. The van der Waals surface area contributed by atoms with Gasteiger partial charge in [0.25, 0.3) is 5.70 Å². The summed E-state index contributed by atoms with van der Waals surface area (Å²) >= 11 is 0. The number of fused-ring (bicyclic) bond motifs is 3. The van der Waals surface area contributed by atoms with Crippen molar-refractivity contribution in [2.75, 3.05) is 13.2 Å². The molecule has 0 amide bonds. The van der Waals surface area contributed by atoms with E-state index in [2.05, 4.69) is 299 Å². The number of nitriles is 1. The Kier molecular flexibility index (Phi) is 24.8. The van der Waals surface area contributed by atoms with E-state index in [1.165, 1.54) is 0 Å². The molecule has 4 heterocycles. The second kappa shape index (κ2) is 34.1. The van der Waals surface area contributed by atoms with Crippen molar-refractivity contribution < 1.29 is 18.3 Å². The van der Waals surface area contributed by atoms with E-state index in [4.69, 9.17) is 33.1 Å². The van der Waals surface area contributed by atoms with E-state index in [0.29, 0.717) is 92.4 Å². The molecule has 0 saturated carbocycles. The molecular formula is C100H118B2N6O4. The molecule has 4 aromatic heterocycles. The lowest BCUT2D eigenvalue weighted by atomic mass is 9.48. The molecular weight excluding hydrogens is 1370 g/mol. The Morgan fingerprint density at radius 1 is 0.438 bits per heavy atom. The van der Waals surface area contributed by atoms with Crippen molar-refractivity contribution in [3.63, 3.8) is 0 Å². The summed E-state index contributed by atoms with van der Waals surface area (Å²) < 4.78 is 33.1. The number of benzene rings is 8. The number of hydrogen-bond donors (Lipinski definition) is 0. The van der Waals surface area contributed by atoms with Gasteiger partial charge in [0.15, 0.2) is 11.2 Å². The molecule has 0 bridgehead atoms. The highest BCUT2D eigenvalue weighted by molar-refractivity contribution is 6.86. The molecule has 12 heteroatoms. The van der Waals surface area contributed by atoms with E-state index in [1.807, 2.05) is 48.5 Å². The summed E-state index contributed by atoms with van der Waals surface area (Å²) in [6.07, 6.45) is 8.87. The van der Waals surface area contributed by atoms with Crippen molar-refractivity contribution in [3.05, 3.63) is 250 Å². The van der Waals surface area contributed by atoms with Crippen LogP contribution < -0.4 is 42.0 Å². The maximum Gasteiger partial charge on any atom is 0.328 e. The molecule has 0 fully saturated rings. The fraction of sp³-hybridized carbons (Fsp3) is 0.400. The van der Waals surface area contributed by atoms with Gasteiger partial charge in [0, 0.05) is 22.2 Å². The van der Waals surface area contributed by atoms with Crippen molar-refractivity contribution >= 4 is 79.8 Å². The Labute approximate surface area is 668 Å². The molecule has 0 spiro atoms. The largest absolute Gasteiger partial charge is 0.493 e. The predicted molar refractivity (Wildman–Crippen MR) is 470 cm³/mol. The lowest BCUT2D eigenvalue weighted by Crippen LogP contribution is -2.56. The number of nitrogens with zero attached hydrogens (tertiary/aromatic N) is 6. The Balaban J connectivity index is 1.25. The zero-order valence-electron chi connectivity index (χ0n) is 70.5. The van der Waals surface area contributed by atoms with Gasteiger partial charge in [0.1, 0.15) is 34.2 Å². The molecule has 112 heavy (non-hydrogen) atoms. The van der Waals surface area contributed by atoms with Gasteiger partial charge in [-0.05, 0) is 229 Å². The van der Waals surface area contributed by atoms with E-state index < -0.39 is 13.7 Å². The standard InChI is InChI=1S/C100H118B2N6O4/c1-65(58-97(9,10)11)46-48-75(71(7)60-99(15,16)17)63-109-77-54-50-73(51-55-77)91-88-89(94(90(104-21)96-106-85-43-31-33-45-87(85)112-96)108(91)102(82-40-28-24-36-69(82)5)83-41-29-25-37-70(83)6)92(74-52-56-78(57-53-74)110-64-76(72(8)61-100(18,19)20)49-47-66(2)59-98(12,13)14)107(93(88)79(62-103)95-105-84-42-30-32-44-86(84)111-95)101(80-38-26-22-34-67(80)3)81-39-27-23-35-68(81)4/h22-45,50-57,65-66,71-72,75-76H,46-49,58-61,63-64H2,1-20H3/b93-79-,94-90+. The Morgan fingerprint density at radius 3 is 1.12 bits per heavy atom. The summed E-state index contributed by atoms with van der Waals surface area (Å²) in [4.78, 5) is 15.4. The maximum absolute atomic E-state index is 12.8. The maximum atomic E-state index is 12.8. The Morgan fingerprint density at radius 2 is 0.768 bits per heavy atom. The van der Waals surface area contributed by atoms with Crippen molar-refractivity contribution in [2.24, 2.45) is 57.2 Å². The fourth-order valence-corrected chi connectivity index (χ4v) is 18.2. The molecule has 6 unspecified atom stereocenters. The van der Waals surface area contributed by atoms with Gasteiger partial charge >= 0.3 is 13.7 Å². The first-order chi connectivity index (χ1) is 53.3. The van der Waals surface area contributed by atoms with Gasteiger partial charge in [-0.3, -0.25) is 0 Å². The molecule has 8 aromatic carbocycles. The zero-order valence-corrected chi connectivity index (χ0v) is 70.5. The zero-order chi connectivity index (χ0) is 80.1. The summed E-state index contributed by atoms with van der Waals surface area (Å²) in [6, 6.07) is 70.0. The van der Waals surface area contributed by atoms with Crippen LogP contribution in [0, 0.1) is 103 Å². The van der Waals surface area contributed by atoms with Crippen LogP contribution in [0.4, 0.5) is 0 Å². The van der Waals surface area contributed by atoms with Crippen LogP contribution in [-0.4, -0.2) is 45.8 Å². The Hall–Kier alpha value is -10.0. The van der Waals surface area contributed by atoms with Gasteiger partial charge in [0.05, 0.1) is 30.5 Å². The van der Waals surface area contributed by atoms with Gasteiger partial charge in [-0.25, -0.2) is 14.8 Å². The molecule has 0 aliphatic rings. The highest BCUT2D eigenvalue weighted by Gasteiger charge is 2.40. The van der Waals surface area contributed by atoms with E-state index in [-0.39, 0.29) is 44.7 Å². The number of para-hydroxylation sites is 4. The van der Waals surface area contributed by atoms with Crippen LogP contribution in [0.15, 0.2) is 203 Å². The average molecular weight is 1490 g/mol. The lowest BCUT2D eigenvalue weighted by molar-refractivity contribution is 0.147. The first-order valence-corrected chi connectivity index (χ1v) is 41.0. The summed E-state index contributed by atoms with van der Waals surface area (Å²) in [5, 5.41) is 15.3. The molecule has 0 aliphatic carbocycles. The molecule has 0 N–H and O–H groups in total. The fourth-order valence-electron chi connectivity index (χ4n) is 18.2. The highest BCUT2D eigenvalue weighted by atomic mass is 16.5. The van der Waals surface area contributed by atoms with E-state index >= 15 is 0 Å². The van der Waals surface area contributed by atoms with Crippen LogP contribution >= 0.6 is 0 Å². The molecule has 12 rings (SSSR count). The van der Waals surface area contributed by atoms with E-state index in [1.54, 1.807) is 0 Å². The number of ether oxygens (including phenoxy) is 2. The number of hydrogen-bond acceptors (Lipinski definition) is 7. The average Bonchev–Trinajstić information content (AvgIpc) is 1.52. The Bertz CT molecular complexity index is 5000. The lowest BCUT2D eigenvalue weighted by Gasteiger charge is -2.31. The SMILES string of the molecule is [C-]#[N+]/C(c1nc2ccccc2o1)=c1\c2c(-c3ccc(OCC(CCC(C)CC(C)(C)C)C(C)CC(C)(C)C)cc3)n(B(c3ccccc3C)c3ccccc3C)/c(=C(/C#N)c3nc4ccccc4o3)c2c(-c2ccc(OCC(CCC(C)CC(C)(C)C)C(C)CC(C)(C)C)cc2)n1B(c1ccccc1C)c1ccccc1C. The minimum Gasteiger partial charge on any atom is -0.493 e. The first kappa shape index (κ1) is 81.5. The van der Waals surface area contributed by atoms with Crippen LogP contribution in [0.25, 0.3) is 71.6 Å². The van der Waals surface area contributed by atoms with Crippen molar-refractivity contribution in [1.29, 1.82) is 5.26 Å². The number of aromatic nitrogens is 4. The number of rotatable bonds is 28. The van der Waals surface area contributed by atoms with Gasteiger partial charge in [0.2, 0.25) is 11.8 Å². The molecule has 0 aliphatic heterocycles. The normalized spacial score (nSPS) is 14.5. The van der Waals surface area contributed by atoms with Crippen LogP contribution in [0.3, 0.4) is 0 Å². The van der Waals surface area contributed by atoms with Crippen molar-refractivity contribution in [1.82, 2.24) is 18.9 Å². The highest BCUT2D eigenvalue weighted by Crippen LogP contribution is 2.41. The first-order valence-electron chi connectivity index (χ1n) is 41.0. The topological polar surface area (TPSA) is 109 Å². The summed E-state index contributed by atoms with van der Waals surface area (Å²) in [5.41, 5.74) is 14.9. The van der Waals surface area contributed by atoms with Crippen LogP contribution in [-0.2, 0) is 0 Å². The third-order valence-electron chi connectivity index (χ3n) is 22.9. The van der Waals surface area contributed by atoms with Crippen LogP contribution in [0.2, 0.25) is 0 Å². The second-order valence-electron chi connectivity index (χ2n) is 37.6. The molecule has 0 radical (unpaired) electrons. The third kappa shape index (κ3) is 18.8. The summed E-state index contributed by atoms with van der Waals surface area (Å²) in [5.74, 6) is 4.45. The van der Waals surface area contributed by atoms with Crippen LogP contribution in [0.1, 0.15) is 196 Å².